The molecule has 90 valence electrons. The van der Waals surface area contributed by atoms with Gasteiger partial charge in [0.25, 0.3) is 5.56 Å². The molecule has 3 nitrogen and oxygen atoms in total. The summed E-state index contributed by atoms with van der Waals surface area (Å²) in [5.74, 6) is 0.749. The smallest absolute Gasteiger partial charge is 0.258 e. The molecule has 0 spiro atoms. The van der Waals surface area contributed by atoms with Crippen molar-refractivity contribution in [1.29, 1.82) is 0 Å². The molecule has 1 aromatic heterocycles. The van der Waals surface area contributed by atoms with Crippen molar-refractivity contribution in [1.82, 2.24) is 4.57 Å². The molecule has 0 saturated heterocycles. The number of hydrogen-bond donors (Lipinski definition) is 0. The molecule has 0 aliphatic rings. The summed E-state index contributed by atoms with van der Waals surface area (Å²) in [7, 11) is 3.21. The summed E-state index contributed by atoms with van der Waals surface area (Å²) in [5, 5.41) is 1.64. The highest BCUT2D eigenvalue weighted by Crippen LogP contribution is 2.33. The average Bonchev–Trinajstić information content (AvgIpc) is 2.33. The number of methoxy groups -OCH3 is 1. The maximum atomic E-state index is 12.1. The Balaban J connectivity index is 3.08. The molecular weight excluding hydrogens is 261 g/mol. The zero-order valence-electron chi connectivity index (χ0n) is 9.46. The largest absolute Gasteiger partial charge is 0.494 e. The summed E-state index contributed by atoms with van der Waals surface area (Å²) in [4.78, 5) is 12.1. The molecule has 2 aromatic rings. The molecule has 2 rings (SSSR count). The van der Waals surface area contributed by atoms with Gasteiger partial charge in [-0.15, -0.1) is 11.6 Å². The average molecular weight is 272 g/mol. The molecule has 1 aromatic carbocycles. The first-order valence-corrected chi connectivity index (χ1v) is 5.93. The first kappa shape index (κ1) is 12.3. The third-order valence-corrected chi connectivity index (χ3v) is 3.34. The molecule has 1 heterocycles. The highest BCUT2D eigenvalue weighted by molar-refractivity contribution is 6.36. The Hall–Kier alpha value is -1.19. The number of ether oxygens (including phenoxy) is 1. The van der Waals surface area contributed by atoms with Crippen LogP contribution in [0.1, 0.15) is 5.69 Å². The predicted octanol–water partition coefficient (Wildman–Crippen LogP) is 2.94. The van der Waals surface area contributed by atoms with Gasteiger partial charge < -0.3 is 9.30 Å². The Morgan fingerprint density at radius 2 is 2.12 bits per heavy atom. The van der Waals surface area contributed by atoms with Gasteiger partial charge in [-0.25, -0.2) is 0 Å². The van der Waals surface area contributed by atoms with E-state index < -0.39 is 0 Å². The van der Waals surface area contributed by atoms with Crippen molar-refractivity contribution in [3.63, 3.8) is 0 Å². The van der Waals surface area contributed by atoms with E-state index in [9.17, 15) is 4.79 Å². The third-order valence-electron chi connectivity index (χ3n) is 2.77. The van der Waals surface area contributed by atoms with E-state index in [1.165, 1.54) is 4.57 Å². The molecule has 0 atom stereocenters. The molecule has 0 unspecified atom stereocenters. The zero-order chi connectivity index (χ0) is 12.6. The highest BCUT2D eigenvalue weighted by Gasteiger charge is 2.16. The molecule has 5 heteroatoms. The number of benzene rings is 1. The molecule has 0 saturated carbocycles. The molecular formula is C12H11Cl2NO2. The summed E-state index contributed by atoms with van der Waals surface area (Å²) in [5.41, 5.74) is 0.499. The van der Waals surface area contributed by atoms with Gasteiger partial charge in [0, 0.05) is 12.4 Å². The first-order valence-electron chi connectivity index (χ1n) is 5.01. The van der Waals surface area contributed by atoms with Crippen molar-refractivity contribution in [2.24, 2.45) is 7.05 Å². The quantitative estimate of drug-likeness (QED) is 0.787. The lowest BCUT2D eigenvalue weighted by molar-refractivity contribution is 0.410. The molecule has 0 amide bonds. The van der Waals surface area contributed by atoms with Crippen LogP contribution >= 0.6 is 23.2 Å². The second-order valence-corrected chi connectivity index (χ2v) is 4.31. The monoisotopic (exact) mass is 271 g/mol. The van der Waals surface area contributed by atoms with E-state index in [-0.39, 0.29) is 11.4 Å². The van der Waals surface area contributed by atoms with Crippen LogP contribution in [-0.4, -0.2) is 11.7 Å². The number of hydrogen-bond acceptors (Lipinski definition) is 2. The van der Waals surface area contributed by atoms with Gasteiger partial charge in [0.15, 0.2) is 0 Å². The van der Waals surface area contributed by atoms with Gasteiger partial charge in [-0.2, -0.15) is 0 Å². The number of aromatic nitrogens is 1. The van der Waals surface area contributed by atoms with Crippen LogP contribution in [0.15, 0.2) is 23.0 Å². The Kier molecular flexibility index (Phi) is 3.31. The minimum Gasteiger partial charge on any atom is -0.494 e. The molecule has 0 radical (unpaired) electrons. The normalized spacial score (nSPS) is 10.8. The van der Waals surface area contributed by atoms with Crippen LogP contribution in [0.3, 0.4) is 0 Å². The maximum Gasteiger partial charge on any atom is 0.258 e. The Bertz CT molecular complexity index is 634. The van der Waals surface area contributed by atoms with Gasteiger partial charge in [0.2, 0.25) is 0 Å². The number of nitrogens with zero attached hydrogens (tertiary/aromatic N) is 1. The summed E-state index contributed by atoms with van der Waals surface area (Å²) in [6.07, 6.45) is 0. The van der Waals surface area contributed by atoms with Gasteiger partial charge in [-0.3, -0.25) is 4.79 Å². The molecule has 0 N–H and O–H groups in total. The lowest BCUT2D eigenvalue weighted by atomic mass is 10.1. The first-order chi connectivity index (χ1) is 8.11. The van der Waals surface area contributed by atoms with Crippen molar-refractivity contribution >= 4 is 34.0 Å². The van der Waals surface area contributed by atoms with Crippen LogP contribution < -0.4 is 10.3 Å². The van der Waals surface area contributed by atoms with Crippen LogP contribution in [0, 0.1) is 0 Å². The molecule has 0 aliphatic heterocycles. The number of fused-ring (bicyclic) bond motifs is 1. The van der Waals surface area contributed by atoms with E-state index in [4.69, 9.17) is 27.9 Å². The lowest BCUT2D eigenvalue weighted by Crippen LogP contribution is -2.21. The van der Waals surface area contributed by atoms with Crippen molar-refractivity contribution in [2.45, 2.75) is 5.88 Å². The summed E-state index contributed by atoms with van der Waals surface area (Å²) < 4.78 is 6.83. The van der Waals surface area contributed by atoms with Crippen LogP contribution in [-0.2, 0) is 12.9 Å². The van der Waals surface area contributed by atoms with Crippen molar-refractivity contribution in [3.05, 3.63) is 39.3 Å². The Morgan fingerprint density at radius 1 is 1.41 bits per heavy atom. The second-order valence-electron chi connectivity index (χ2n) is 3.64. The van der Waals surface area contributed by atoms with E-state index in [2.05, 4.69) is 0 Å². The van der Waals surface area contributed by atoms with Crippen LogP contribution in [0.5, 0.6) is 5.75 Å². The number of alkyl halides is 1. The second kappa shape index (κ2) is 4.59. The maximum absolute atomic E-state index is 12.1. The van der Waals surface area contributed by atoms with Gasteiger partial charge in [0.05, 0.1) is 29.1 Å². The van der Waals surface area contributed by atoms with Crippen LogP contribution in [0.4, 0.5) is 0 Å². The SMILES string of the molecule is COc1c(CCl)n(C)c(=O)c2cccc(Cl)c12. The molecule has 17 heavy (non-hydrogen) atoms. The predicted molar refractivity (Wildman–Crippen MR) is 70.3 cm³/mol. The van der Waals surface area contributed by atoms with Gasteiger partial charge in [-0.1, -0.05) is 17.7 Å². The standard InChI is InChI=1S/C12H11Cl2NO2/c1-15-9(6-13)11(17-2)10-7(12(15)16)4-3-5-8(10)14/h3-5H,6H2,1-2H3. The van der Waals surface area contributed by atoms with Crippen molar-refractivity contribution in [3.8, 4) is 5.75 Å². The zero-order valence-corrected chi connectivity index (χ0v) is 11.0. The number of pyridine rings is 1. The Labute approximate surface area is 109 Å². The van der Waals surface area contributed by atoms with Crippen molar-refractivity contribution < 1.29 is 4.74 Å². The van der Waals surface area contributed by atoms with Crippen molar-refractivity contribution in [2.75, 3.05) is 7.11 Å². The van der Waals surface area contributed by atoms with Crippen LogP contribution in [0.25, 0.3) is 10.8 Å². The minimum atomic E-state index is -0.126. The minimum absolute atomic E-state index is 0.126. The van der Waals surface area contributed by atoms with E-state index in [1.807, 2.05) is 0 Å². The van der Waals surface area contributed by atoms with E-state index in [1.54, 1.807) is 32.4 Å². The Morgan fingerprint density at radius 3 is 2.71 bits per heavy atom. The lowest BCUT2D eigenvalue weighted by Gasteiger charge is -2.14. The molecule has 0 bridgehead atoms. The fourth-order valence-electron chi connectivity index (χ4n) is 1.90. The van der Waals surface area contributed by atoms with Gasteiger partial charge in [-0.05, 0) is 12.1 Å². The van der Waals surface area contributed by atoms with E-state index >= 15 is 0 Å². The summed E-state index contributed by atoms with van der Waals surface area (Å²) >= 11 is 12.0. The number of halogens is 2. The fraction of sp³-hybridized carbons (Fsp3) is 0.250. The third kappa shape index (κ3) is 1.79. The molecule has 0 fully saturated rings. The van der Waals surface area contributed by atoms with E-state index in [0.717, 1.165) is 0 Å². The number of rotatable bonds is 2. The fourth-order valence-corrected chi connectivity index (χ4v) is 2.46. The van der Waals surface area contributed by atoms with Gasteiger partial charge >= 0.3 is 0 Å². The molecule has 0 aliphatic carbocycles. The topological polar surface area (TPSA) is 31.2 Å². The van der Waals surface area contributed by atoms with Crippen LogP contribution in [0.2, 0.25) is 5.02 Å². The summed E-state index contributed by atoms with van der Waals surface area (Å²) in [6.45, 7) is 0. The highest BCUT2D eigenvalue weighted by atomic mass is 35.5. The van der Waals surface area contributed by atoms with E-state index in [0.29, 0.717) is 27.2 Å². The summed E-state index contributed by atoms with van der Waals surface area (Å²) in [6, 6.07) is 5.19. The van der Waals surface area contributed by atoms with Gasteiger partial charge in [0.1, 0.15) is 5.75 Å².